The lowest BCUT2D eigenvalue weighted by Crippen LogP contribution is -2.36. The lowest BCUT2D eigenvalue weighted by Gasteiger charge is -2.28. The molecule has 0 atom stereocenters. The van der Waals surface area contributed by atoms with Crippen molar-refractivity contribution < 1.29 is 4.52 Å². The fraction of sp³-hybridized carbons (Fsp3) is 0.867. The highest BCUT2D eigenvalue weighted by Gasteiger charge is 2.23. The van der Waals surface area contributed by atoms with E-state index < -0.39 is 0 Å². The summed E-state index contributed by atoms with van der Waals surface area (Å²) < 4.78 is 5.37. The van der Waals surface area contributed by atoms with Crippen LogP contribution < -0.4 is 5.32 Å². The first-order valence-corrected chi connectivity index (χ1v) is 7.75. The van der Waals surface area contributed by atoms with Gasteiger partial charge in [-0.05, 0) is 38.4 Å². The van der Waals surface area contributed by atoms with Gasteiger partial charge in [-0.2, -0.15) is 4.98 Å². The molecule has 0 bridgehead atoms. The second-order valence-electron chi connectivity index (χ2n) is 6.79. The van der Waals surface area contributed by atoms with E-state index in [0.717, 1.165) is 50.4 Å². The molecule has 0 saturated carbocycles. The van der Waals surface area contributed by atoms with E-state index in [9.17, 15) is 0 Å². The number of nitrogens with one attached hydrogen (secondary N) is 1. The Morgan fingerprint density at radius 3 is 2.55 bits per heavy atom. The highest BCUT2D eigenvalue weighted by molar-refractivity contribution is 4.98. The maximum absolute atomic E-state index is 5.37. The zero-order valence-electron chi connectivity index (χ0n) is 13.3. The van der Waals surface area contributed by atoms with Crippen LogP contribution in [0.2, 0.25) is 0 Å². The highest BCUT2D eigenvalue weighted by Crippen LogP contribution is 2.20. The van der Waals surface area contributed by atoms with E-state index in [1.807, 2.05) is 0 Å². The molecule has 0 aromatic carbocycles. The summed E-state index contributed by atoms with van der Waals surface area (Å²) in [6.45, 7) is 13.7. The molecule has 0 amide bonds. The van der Waals surface area contributed by atoms with Gasteiger partial charge in [0, 0.05) is 12.0 Å². The van der Waals surface area contributed by atoms with Gasteiger partial charge in [0.05, 0.1) is 6.54 Å². The summed E-state index contributed by atoms with van der Waals surface area (Å²) in [5.74, 6) is 2.33. The molecule has 5 heteroatoms. The molecule has 0 unspecified atom stereocenters. The Morgan fingerprint density at radius 1 is 1.30 bits per heavy atom. The molecule has 1 aliphatic rings. The van der Waals surface area contributed by atoms with Crippen LogP contribution in [0, 0.1) is 5.92 Å². The Bertz CT molecular complexity index is 404. The van der Waals surface area contributed by atoms with Gasteiger partial charge in [-0.1, -0.05) is 32.9 Å². The van der Waals surface area contributed by atoms with Crippen LogP contribution in [-0.4, -0.2) is 41.2 Å². The van der Waals surface area contributed by atoms with Crippen LogP contribution >= 0.6 is 0 Å². The number of nitrogens with zero attached hydrogens (tertiary/aromatic N) is 3. The second kappa shape index (κ2) is 6.68. The van der Waals surface area contributed by atoms with Crippen LogP contribution in [0.5, 0.6) is 0 Å². The number of rotatable bonds is 5. The zero-order valence-corrected chi connectivity index (χ0v) is 13.3. The van der Waals surface area contributed by atoms with Crippen LogP contribution in [-0.2, 0) is 12.0 Å². The van der Waals surface area contributed by atoms with Crippen molar-refractivity contribution in [3.05, 3.63) is 11.7 Å². The van der Waals surface area contributed by atoms with Crippen molar-refractivity contribution in [1.82, 2.24) is 20.4 Å². The van der Waals surface area contributed by atoms with Gasteiger partial charge < -0.3 is 9.84 Å². The number of aromatic nitrogens is 2. The van der Waals surface area contributed by atoms with Crippen molar-refractivity contribution in [2.45, 2.75) is 52.5 Å². The van der Waals surface area contributed by atoms with Gasteiger partial charge >= 0.3 is 0 Å². The van der Waals surface area contributed by atoms with E-state index in [-0.39, 0.29) is 5.41 Å². The minimum absolute atomic E-state index is 0.0721. The molecular weight excluding hydrogens is 252 g/mol. The normalized spacial score (nSPS) is 17.9. The first-order valence-electron chi connectivity index (χ1n) is 7.75. The molecule has 0 radical (unpaired) electrons. The highest BCUT2D eigenvalue weighted by atomic mass is 16.5. The Labute approximate surface area is 122 Å². The molecule has 2 heterocycles. The summed E-state index contributed by atoms with van der Waals surface area (Å²) in [4.78, 5) is 6.95. The topological polar surface area (TPSA) is 54.2 Å². The maximum atomic E-state index is 5.37. The van der Waals surface area contributed by atoms with Gasteiger partial charge in [0.15, 0.2) is 5.82 Å². The van der Waals surface area contributed by atoms with Gasteiger partial charge in [-0.25, -0.2) is 0 Å². The third-order valence-corrected chi connectivity index (χ3v) is 3.90. The smallest absolute Gasteiger partial charge is 0.232 e. The summed E-state index contributed by atoms with van der Waals surface area (Å²) in [5, 5.41) is 7.54. The summed E-state index contributed by atoms with van der Waals surface area (Å²) in [7, 11) is 0. The van der Waals surface area contributed by atoms with E-state index >= 15 is 0 Å². The maximum Gasteiger partial charge on any atom is 0.232 e. The van der Waals surface area contributed by atoms with Crippen molar-refractivity contribution in [2.24, 2.45) is 5.92 Å². The molecule has 2 rings (SSSR count). The molecule has 1 aliphatic heterocycles. The molecule has 1 aromatic rings. The third-order valence-electron chi connectivity index (χ3n) is 3.90. The molecule has 1 fully saturated rings. The molecule has 1 N–H and O–H groups in total. The Hall–Kier alpha value is -0.940. The Balaban J connectivity index is 1.90. The minimum atomic E-state index is -0.0721. The fourth-order valence-electron chi connectivity index (χ4n) is 2.56. The van der Waals surface area contributed by atoms with Crippen LogP contribution in [0.3, 0.4) is 0 Å². The lowest BCUT2D eigenvalue weighted by atomic mass is 9.97. The predicted octanol–water partition coefficient (Wildman–Crippen LogP) is 2.19. The van der Waals surface area contributed by atoms with Crippen molar-refractivity contribution in [3.63, 3.8) is 0 Å². The Kier molecular flexibility index (Phi) is 5.16. The zero-order chi connectivity index (χ0) is 14.6. The van der Waals surface area contributed by atoms with Gasteiger partial charge in [-0.3, -0.25) is 4.90 Å². The first-order chi connectivity index (χ1) is 9.49. The predicted molar refractivity (Wildman–Crippen MR) is 79.5 cm³/mol. The molecule has 0 aliphatic carbocycles. The number of hydrogen-bond acceptors (Lipinski definition) is 5. The minimum Gasteiger partial charge on any atom is -0.339 e. The van der Waals surface area contributed by atoms with Crippen molar-refractivity contribution in [2.75, 3.05) is 26.2 Å². The quantitative estimate of drug-likeness (QED) is 0.896. The van der Waals surface area contributed by atoms with Crippen molar-refractivity contribution in [3.8, 4) is 0 Å². The van der Waals surface area contributed by atoms with Crippen LogP contribution in [0.4, 0.5) is 0 Å². The van der Waals surface area contributed by atoms with Gasteiger partial charge in [0.1, 0.15) is 0 Å². The van der Waals surface area contributed by atoms with E-state index in [1.54, 1.807) is 0 Å². The summed E-state index contributed by atoms with van der Waals surface area (Å²) >= 11 is 0. The molecule has 5 nitrogen and oxygen atoms in total. The van der Waals surface area contributed by atoms with Gasteiger partial charge in [-0.15, -0.1) is 0 Å². The molecule has 20 heavy (non-hydrogen) atoms. The van der Waals surface area contributed by atoms with Crippen molar-refractivity contribution >= 4 is 0 Å². The molecule has 114 valence electrons. The van der Waals surface area contributed by atoms with Gasteiger partial charge in [0.25, 0.3) is 0 Å². The lowest BCUT2D eigenvalue weighted by molar-refractivity contribution is 0.201. The molecule has 1 aromatic heterocycles. The SMILES string of the molecule is CCN(Cc1noc(C(C)(C)C)n1)CC1CCNCC1. The molecule has 1 saturated heterocycles. The fourth-order valence-corrected chi connectivity index (χ4v) is 2.56. The average molecular weight is 280 g/mol. The standard InChI is InChI=1S/C15H28N4O/c1-5-19(10-12-6-8-16-9-7-12)11-13-17-14(20-18-13)15(2,3)4/h12,16H,5-11H2,1-4H3. The van der Waals surface area contributed by atoms with Gasteiger partial charge in [0.2, 0.25) is 5.89 Å². The second-order valence-corrected chi connectivity index (χ2v) is 6.79. The van der Waals surface area contributed by atoms with E-state index in [2.05, 4.69) is 48.1 Å². The van der Waals surface area contributed by atoms with Crippen LogP contribution in [0.1, 0.15) is 52.3 Å². The monoisotopic (exact) mass is 280 g/mol. The summed E-state index contributed by atoms with van der Waals surface area (Å²) in [5.41, 5.74) is -0.0721. The van der Waals surface area contributed by atoms with Crippen molar-refractivity contribution in [1.29, 1.82) is 0 Å². The van der Waals surface area contributed by atoms with E-state index in [1.165, 1.54) is 12.8 Å². The average Bonchev–Trinajstić information content (AvgIpc) is 2.87. The number of piperidine rings is 1. The van der Waals surface area contributed by atoms with E-state index in [0.29, 0.717) is 0 Å². The summed E-state index contributed by atoms with van der Waals surface area (Å²) in [6.07, 6.45) is 2.55. The first kappa shape index (κ1) is 15.4. The van der Waals surface area contributed by atoms with Crippen LogP contribution in [0.15, 0.2) is 4.52 Å². The van der Waals surface area contributed by atoms with Crippen LogP contribution in [0.25, 0.3) is 0 Å². The molecule has 0 spiro atoms. The van der Waals surface area contributed by atoms with E-state index in [4.69, 9.17) is 4.52 Å². The largest absolute Gasteiger partial charge is 0.339 e. The molecular formula is C15H28N4O. The number of hydrogen-bond donors (Lipinski definition) is 1. The third kappa shape index (κ3) is 4.28. The Morgan fingerprint density at radius 2 is 2.00 bits per heavy atom. The summed E-state index contributed by atoms with van der Waals surface area (Å²) in [6, 6.07) is 0.